The number of hydrogen-bond donors (Lipinski definition) is 5. The number of anilines is 1. The average molecular weight is 642 g/mol. The largest absolute Gasteiger partial charge is 0.497 e. The third-order valence-electron chi connectivity index (χ3n) is 5.70. The molecule has 0 amide bonds. The van der Waals surface area contributed by atoms with Crippen LogP contribution >= 0.6 is 7.75 Å². The van der Waals surface area contributed by atoms with Gasteiger partial charge in [-0.3, -0.25) is 13.9 Å². The molecule has 16 nitrogen and oxygen atoms in total. The van der Waals surface area contributed by atoms with E-state index in [1.54, 1.807) is 12.1 Å². The van der Waals surface area contributed by atoms with E-state index in [2.05, 4.69) is 14.8 Å². The average Bonchev–Trinajstić information content (AvgIpc) is 3.15. The van der Waals surface area contributed by atoms with Crippen molar-refractivity contribution in [3.05, 3.63) is 47.0 Å². The maximum Gasteiger partial charge on any atom is 0.490 e. The highest BCUT2D eigenvalue weighted by Gasteiger charge is 2.54. The molecular formula is C23H30F3N4O12P. The normalized spacial score (nSPS) is 23.7. The Bertz CT molecular complexity index is 1370. The van der Waals surface area contributed by atoms with E-state index in [4.69, 9.17) is 34.2 Å². The number of ether oxygens (including phenoxy) is 3. The lowest BCUT2D eigenvalue weighted by Crippen LogP contribution is -2.46. The number of carboxylic acids is 1. The molecule has 2 heterocycles. The van der Waals surface area contributed by atoms with Gasteiger partial charge >= 0.3 is 31.6 Å². The number of nitrogens with one attached hydrogen (secondary N) is 1. The number of carbonyl (C=O) groups excluding carboxylic acids is 1. The second kappa shape index (κ2) is 14.2. The standard InChI is InChI=1S/C21H29N4O10P.C2HF3O2/c1-12(18(27)32-4)24-36(30,35-14-7-5-13(31-3)6-8-14)33-11-15-17(26)21(2,29)19(34-15)25-10-9-16(22)23-20(25)28;3-2(4,5)1(6)7/h5-10,12,15,17,19,26,29H,11H2,1-4H3,(H,24,30)(H2,22,23,28);(H,6,7)/t12-,15+,17+,19+,21+,36?;/m0./s1. The number of carbonyl (C=O) groups is 2. The topological polar surface area (TPSA) is 231 Å². The smallest absolute Gasteiger partial charge is 0.490 e. The van der Waals surface area contributed by atoms with Gasteiger partial charge < -0.3 is 39.8 Å². The molecule has 1 aliphatic rings. The van der Waals surface area contributed by atoms with E-state index >= 15 is 0 Å². The Morgan fingerprint density at radius 2 is 1.79 bits per heavy atom. The first kappa shape index (κ1) is 35.5. The molecule has 2 aromatic rings. The quantitative estimate of drug-likeness (QED) is 0.178. The number of nitrogens with two attached hydrogens (primary N) is 1. The Balaban J connectivity index is 0.000000821. The van der Waals surface area contributed by atoms with Crippen molar-refractivity contribution in [3.63, 3.8) is 0 Å². The number of aromatic nitrogens is 2. The molecule has 0 spiro atoms. The SMILES string of the molecule is COC(=O)[C@H](C)NP(=O)(OC[C@H]1O[C@@H](n2ccc(N)nc2=O)[C@](C)(O)[C@@H]1O)Oc1ccc(OC)cc1.O=C(O)C(F)(F)F. The van der Waals surface area contributed by atoms with E-state index in [-0.39, 0.29) is 11.6 Å². The molecule has 3 rings (SSSR count). The summed E-state index contributed by atoms with van der Waals surface area (Å²) in [6, 6.07) is 6.31. The molecule has 0 radical (unpaired) electrons. The van der Waals surface area contributed by atoms with Crippen molar-refractivity contribution in [2.45, 2.75) is 50.1 Å². The summed E-state index contributed by atoms with van der Waals surface area (Å²) >= 11 is 0. The minimum Gasteiger partial charge on any atom is -0.497 e. The highest BCUT2D eigenvalue weighted by atomic mass is 31.2. The van der Waals surface area contributed by atoms with Gasteiger partial charge in [-0.1, -0.05) is 0 Å². The molecule has 6 atom stereocenters. The molecule has 1 aromatic carbocycles. The summed E-state index contributed by atoms with van der Waals surface area (Å²) in [5, 5.41) is 31.1. The van der Waals surface area contributed by atoms with E-state index in [0.29, 0.717) is 5.75 Å². The fourth-order valence-corrected chi connectivity index (χ4v) is 4.99. The number of nitrogens with zero attached hydrogens (tertiary/aromatic N) is 2. The third-order valence-corrected chi connectivity index (χ3v) is 7.35. The zero-order valence-corrected chi connectivity index (χ0v) is 23.9. The number of halogens is 3. The number of benzene rings is 1. The third kappa shape index (κ3) is 9.37. The van der Waals surface area contributed by atoms with E-state index in [1.807, 2.05) is 0 Å². The zero-order valence-electron chi connectivity index (χ0n) is 23.0. The number of alkyl halides is 3. The number of methoxy groups -OCH3 is 2. The minimum atomic E-state index is -5.08. The molecule has 20 heteroatoms. The van der Waals surface area contributed by atoms with Crippen LogP contribution in [0.5, 0.6) is 11.5 Å². The summed E-state index contributed by atoms with van der Waals surface area (Å²) in [6.45, 7) is 2.09. The van der Waals surface area contributed by atoms with Crippen molar-refractivity contribution in [2.75, 3.05) is 26.6 Å². The molecule has 6 N–H and O–H groups in total. The predicted molar refractivity (Wildman–Crippen MR) is 139 cm³/mol. The summed E-state index contributed by atoms with van der Waals surface area (Å²) in [7, 11) is -1.64. The van der Waals surface area contributed by atoms with Crippen molar-refractivity contribution in [2.24, 2.45) is 0 Å². The van der Waals surface area contributed by atoms with Crippen LogP contribution in [0.4, 0.5) is 19.0 Å². The summed E-state index contributed by atoms with van der Waals surface area (Å²) in [6.07, 6.45) is -8.00. The van der Waals surface area contributed by atoms with E-state index in [0.717, 1.165) is 11.7 Å². The highest BCUT2D eigenvalue weighted by molar-refractivity contribution is 7.52. The van der Waals surface area contributed by atoms with Crippen LogP contribution in [0.3, 0.4) is 0 Å². The zero-order chi connectivity index (χ0) is 32.8. The second-order valence-corrected chi connectivity index (χ2v) is 10.7. The lowest BCUT2D eigenvalue weighted by atomic mass is 9.96. The van der Waals surface area contributed by atoms with E-state index < -0.39 is 68.2 Å². The molecule has 43 heavy (non-hydrogen) atoms. The molecule has 1 aromatic heterocycles. The fraction of sp³-hybridized carbons (Fsp3) is 0.478. The molecule has 1 fully saturated rings. The number of esters is 1. The lowest BCUT2D eigenvalue weighted by molar-refractivity contribution is -0.192. The van der Waals surface area contributed by atoms with Crippen LogP contribution in [0.25, 0.3) is 0 Å². The summed E-state index contributed by atoms with van der Waals surface area (Å²) < 4.78 is 72.7. The molecule has 0 bridgehead atoms. The summed E-state index contributed by atoms with van der Waals surface area (Å²) in [4.78, 5) is 36.6. The molecule has 1 aliphatic heterocycles. The Kier molecular flexibility index (Phi) is 11.7. The first-order chi connectivity index (χ1) is 19.8. The number of rotatable bonds is 10. The van der Waals surface area contributed by atoms with Gasteiger partial charge in [0.25, 0.3) is 0 Å². The van der Waals surface area contributed by atoms with Gasteiger partial charge in [0, 0.05) is 6.20 Å². The predicted octanol–water partition coefficient (Wildman–Crippen LogP) is 0.831. The number of aliphatic hydroxyl groups is 2. The molecule has 0 aliphatic carbocycles. The Hall–Kier alpha value is -3.74. The van der Waals surface area contributed by atoms with Gasteiger partial charge in [0.2, 0.25) is 0 Å². The Morgan fingerprint density at radius 3 is 2.28 bits per heavy atom. The van der Waals surface area contributed by atoms with Crippen molar-refractivity contribution in [1.82, 2.24) is 14.6 Å². The monoisotopic (exact) mass is 642 g/mol. The van der Waals surface area contributed by atoms with Gasteiger partial charge in [0.1, 0.15) is 41.2 Å². The van der Waals surface area contributed by atoms with Crippen molar-refractivity contribution in [1.29, 1.82) is 0 Å². The molecular weight excluding hydrogens is 612 g/mol. The summed E-state index contributed by atoms with van der Waals surface area (Å²) in [5.74, 6) is -2.87. The first-order valence-electron chi connectivity index (χ1n) is 12.0. The molecule has 1 saturated heterocycles. The lowest BCUT2D eigenvalue weighted by Gasteiger charge is -2.27. The first-order valence-corrected chi connectivity index (χ1v) is 13.5. The van der Waals surface area contributed by atoms with Crippen LogP contribution in [0.15, 0.2) is 41.3 Å². The van der Waals surface area contributed by atoms with Gasteiger partial charge in [0.15, 0.2) is 6.23 Å². The molecule has 240 valence electrons. The van der Waals surface area contributed by atoms with Crippen LogP contribution < -0.4 is 25.8 Å². The number of aliphatic hydroxyl groups excluding tert-OH is 1. The van der Waals surface area contributed by atoms with Crippen LogP contribution in [0.2, 0.25) is 0 Å². The van der Waals surface area contributed by atoms with Gasteiger partial charge in [-0.05, 0) is 44.2 Å². The second-order valence-electron chi connectivity index (χ2n) is 8.98. The van der Waals surface area contributed by atoms with Crippen LogP contribution in [-0.2, 0) is 28.2 Å². The van der Waals surface area contributed by atoms with Crippen molar-refractivity contribution < 1.29 is 65.9 Å². The molecule has 1 unspecified atom stereocenters. The van der Waals surface area contributed by atoms with Crippen LogP contribution in [0.1, 0.15) is 20.1 Å². The Morgan fingerprint density at radius 1 is 1.23 bits per heavy atom. The van der Waals surface area contributed by atoms with Crippen molar-refractivity contribution in [3.8, 4) is 11.5 Å². The van der Waals surface area contributed by atoms with Gasteiger partial charge in [-0.25, -0.2) is 14.2 Å². The van der Waals surface area contributed by atoms with Gasteiger partial charge in [-0.2, -0.15) is 23.2 Å². The fourth-order valence-electron chi connectivity index (χ4n) is 3.49. The number of carboxylic acid groups (broad SMARTS) is 1. The maximum absolute atomic E-state index is 13.6. The maximum atomic E-state index is 13.6. The molecule has 0 saturated carbocycles. The van der Waals surface area contributed by atoms with E-state index in [1.165, 1.54) is 45.4 Å². The number of nitrogen functional groups attached to an aromatic ring is 1. The van der Waals surface area contributed by atoms with Gasteiger partial charge in [0.05, 0.1) is 20.8 Å². The van der Waals surface area contributed by atoms with Crippen LogP contribution in [-0.4, -0.2) is 87.7 Å². The van der Waals surface area contributed by atoms with Crippen molar-refractivity contribution >= 4 is 25.5 Å². The van der Waals surface area contributed by atoms with Gasteiger partial charge in [-0.15, -0.1) is 0 Å². The highest BCUT2D eigenvalue weighted by Crippen LogP contribution is 2.47. The van der Waals surface area contributed by atoms with E-state index in [9.17, 15) is 37.5 Å². The summed E-state index contributed by atoms with van der Waals surface area (Å²) in [5.41, 5.74) is 2.74. The van der Waals surface area contributed by atoms with Crippen LogP contribution in [0, 0.1) is 0 Å². The number of aliphatic carboxylic acids is 1. The Labute approximate surface area is 241 Å². The number of hydrogen-bond acceptors (Lipinski definition) is 13. The minimum absolute atomic E-state index is 0.0308.